The fourth-order valence-corrected chi connectivity index (χ4v) is 2.86. The number of para-hydroxylation sites is 4. The number of aryl methyl sites for hydroxylation is 1. The van der Waals surface area contributed by atoms with E-state index in [2.05, 4.69) is 9.97 Å². The Kier molecular flexibility index (Phi) is 4.16. The van der Waals surface area contributed by atoms with Gasteiger partial charge in [-0.3, -0.25) is 0 Å². The highest BCUT2D eigenvalue weighted by atomic mass is 16.6. The van der Waals surface area contributed by atoms with Crippen LogP contribution in [0.25, 0.3) is 11.0 Å². The van der Waals surface area contributed by atoms with Crippen molar-refractivity contribution >= 4 is 17.0 Å². The number of aromatic nitrogens is 2. The summed E-state index contributed by atoms with van der Waals surface area (Å²) in [7, 11) is 0. The predicted molar refractivity (Wildman–Crippen MR) is 95.0 cm³/mol. The van der Waals surface area contributed by atoms with Crippen LogP contribution in [0, 0.1) is 6.92 Å². The molecule has 26 heavy (non-hydrogen) atoms. The Morgan fingerprint density at radius 1 is 1.00 bits per heavy atom. The van der Waals surface area contributed by atoms with Crippen molar-refractivity contribution in [2.75, 3.05) is 0 Å². The van der Waals surface area contributed by atoms with E-state index < -0.39 is 18.2 Å². The standard InChI is InChI=1S/C20H18N2O4/c1-12-16(22-15-8-4-3-7-14(15)21-12)11-24-20(23)19-13(2)25-17-9-5-6-10-18(17)26-19/h3-10,13,19H,11H2,1-2H3/t13-,19-/m0/s1. The van der Waals surface area contributed by atoms with Gasteiger partial charge in [0.1, 0.15) is 12.7 Å². The zero-order chi connectivity index (χ0) is 18.1. The highest BCUT2D eigenvalue weighted by Gasteiger charge is 2.35. The number of carbonyl (C=O) groups excluding carboxylic acids is 1. The number of hydrogen-bond donors (Lipinski definition) is 0. The molecule has 0 N–H and O–H groups in total. The normalized spacial score (nSPS) is 18.5. The van der Waals surface area contributed by atoms with Gasteiger partial charge in [-0.15, -0.1) is 0 Å². The Hall–Kier alpha value is -3.15. The predicted octanol–water partition coefficient (Wildman–Crippen LogP) is 3.21. The van der Waals surface area contributed by atoms with E-state index in [1.165, 1.54) is 0 Å². The third-order valence-electron chi connectivity index (χ3n) is 4.27. The maximum Gasteiger partial charge on any atom is 0.351 e. The molecule has 0 bridgehead atoms. The van der Waals surface area contributed by atoms with Crippen LogP contribution in [0.3, 0.4) is 0 Å². The summed E-state index contributed by atoms with van der Waals surface area (Å²) >= 11 is 0. The molecule has 0 spiro atoms. The lowest BCUT2D eigenvalue weighted by atomic mass is 10.2. The summed E-state index contributed by atoms with van der Waals surface area (Å²) in [5, 5.41) is 0. The van der Waals surface area contributed by atoms with E-state index in [1.54, 1.807) is 19.1 Å². The molecule has 4 rings (SSSR count). The number of benzene rings is 2. The maximum absolute atomic E-state index is 12.5. The van der Waals surface area contributed by atoms with E-state index in [-0.39, 0.29) is 6.61 Å². The number of esters is 1. The van der Waals surface area contributed by atoms with Crippen molar-refractivity contribution in [1.82, 2.24) is 9.97 Å². The van der Waals surface area contributed by atoms with Gasteiger partial charge in [-0.2, -0.15) is 0 Å². The largest absolute Gasteiger partial charge is 0.482 e. The molecular weight excluding hydrogens is 332 g/mol. The van der Waals surface area contributed by atoms with Gasteiger partial charge in [0.15, 0.2) is 11.5 Å². The molecule has 3 aromatic rings. The van der Waals surface area contributed by atoms with Gasteiger partial charge in [0.2, 0.25) is 6.10 Å². The molecular formula is C20H18N2O4. The van der Waals surface area contributed by atoms with Crippen molar-refractivity contribution < 1.29 is 19.0 Å². The van der Waals surface area contributed by atoms with Gasteiger partial charge in [-0.1, -0.05) is 24.3 Å². The zero-order valence-electron chi connectivity index (χ0n) is 14.5. The summed E-state index contributed by atoms with van der Waals surface area (Å²) in [6, 6.07) is 14.8. The molecule has 2 heterocycles. The van der Waals surface area contributed by atoms with Crippen molar-refractivity contribution in [3.05, 3.63) is 59.9 Å². The fraction of sp³-hybridized carbons (Fsp3) is 0.250. The van der Waals surface area contributed by atoms with Crippen LogP contribution in [0.15, 0.2) is 48.5 Å². The Bertz CT molecular complexity index is 973. The lowest BCUT2D eigenvalue weighted by Gasteiger charge is -2.30. The van der Waals surface area contributed by atoms with Crippen molar-refractivity contribution in [3.8, 4) is 11.5 Å². The summed E-state index contributed by atoms with van der Waals surface area (Å²) in [5.74, 6) is 0.677. The van der Waals surface area contributed by atoms with E-state index in [0.717, 1.165) is 16.7 Å². The minimum atomic E-state index is -0.821. The maximum atomic E-state index is 12.5. The van der Waals surface area contributed by atoms with E-state index >= 15 is 0 Å². The van der Waals surface area contributed by atoms with Gasteiger partial charge >= 0.3 is 5.97 Å². The number of nitrogens with zero attached hydrogens (tertiary/aromatic N) is 2. The summed E-state index contributed by atoms with van der Waals surface area (Å²) in [5.41, 5.74) is 2.94. The Labute approximate surface area is 150 Å². The quantitative estimate of drug-likeness (QED) is 0.676. The van der Waals surface area contributed by atoms with E-state index in [9.17, 15) is 4.79 Å². The fourth-order valence-electron chi connectivity index (χ4n) is 2.86. The number of carbonyl (C=O) groups is 1. The van der Waals surface area contributed by atoms with Gasteiger partial charge in [-0.25, -0.2) is 14.8 Å². The zero-order valence-corrected chi connectivity index (χ0v) is 14.5. The highest BCUT2D eigenvalue weighted by Crippen LogP contribution is 2.33. The van der Waals surface area contributed by atoms with Crippen molar-refractivity contribution in [2.45, 2.75) is 32.7 Å². The number of fused-ring (bicyclic) bond motifs is 2. The lowest BCUT2D eigenvalue weighted by molar-refractivity contribution is -0.159. The average Bonchev–Trinajstić information content (AvgIpc) is 2.65. The summed E-state index contributed by atoms with van der Waals surface area (Å²) in [6.45, 7) is 3.67. The Morgan fingerprint density at radius 3 is 2.35 bits per heavy atom. The lowest BCUT2D eigenvalue weighted by Crippen LogP contribution is -2.44. The van der Waals surface area contributed by atoms with Crippen molar-refractivity contribution in [3.63, 3.8) is 0 Å². The average molecular weight is 350 g/mol. The third-order valence-corrected chi connectivity index (χ3v) is 4.27. The van der Waals surface area contributed by atoms with Crippen LogP contribution in [-0.2, 0) is 16.1 Å². The minimum absolute atomic E-state index is 0.0384. The molecule has 2 atom stereocenters. The molecule has 1 aliphatic heterocycles. The molecule has 0 fully saturated rings. The van der Waals surface area contributed by atoms with E-state index in [0.29, 0.717) is 17.2 Å². The van der Waals surface area contributed by atoms with E-state index in [1.807, 2.05) is 43.3 Å². The molecule has 1 aromatic heterocycles. The van der Waals surface area contributed by atoms with Gasteiger partial charge in [0.25, 0.3) is 0 Å². The van der Waals surface area contributed by atoms with Crippen molar-refractivity contribution in [1.29, 1.82) is 0 Å². The molecule has 0 saturated heterocycles. The Morgan fingerprint density at radius 2 is 1.62 bits per heavy atom. The number of rotatable bonds is 3. The van der Waals surface area contributed by atoms with Crippen LogP contribution in [0.5, 0.6) is 11.5 Å². The first-order valence-corrected chi connectivity index (χ1v) is 8.43. The third kappa shape index (κ3) is 3.06. The molecule has 0 unspecified atom stereocenters. The molecule has 0 radical (unpaired) electrons. The summed E-state index contributed by atoms with van der Waals surface area (Å²) in [6.07, 6.45) is -1.26. The molecule has 0 amide bonds. The second kappa shape index (κ2) is 6.63. The van der Waals surface area contributed by atoms with Crippen LogP contribution in [0.1, 0.15) is 18.3 Å². The molecule has 132 valence electrons. The summed E-state index contributed by atoms with van der Waals surface area (Å²) < 4.78 is 16.9. The molecule has 0 aliphatic carbocycles. The van der Waals surface area contributed by atoms with Crippen LogP contribution >= 0.6 is 0 Å². The first-order chi connectivity index (χ1) is 12.6. The van der Waals surface area contributed by atoms with Crippen LogP contribution in [0.4, 0.5) is 0 Å². The first-order valence-electron chi connectivity index (χ1n) is 8.43. The van der Waals surface area contributed by atoms with Gasteiger partial charge in [-0.05, 0) is 38.1 Å². The Balaban J connectivity index is 1.48. The van der Waals surface area contributed by atoms with Gasteiger partial charge < -0.3 is 14.2 Å². The smallest absolute Gasteiger partial charge is 0.351 e. The molecule has 6 heteroatoms. The van der Waals surface area contributed by atoms with Gasteiger partial charge in [0.05, 0.1) is 22.4 Å². The summed E-state index contributed by atoms with van der Waals surface area (Å²) in [4.78, 5) is 21.5. The van der Waals surface area contributed by atoms with Crippen molar-refractivity contribution in [2.24, 2.45) is 0 Å². The van der Waals surface area contributed by atoms with E-state index in [4.69, 9.17) is 14.2 Å². The number of hydrogen-bond acceptors (Lipinski definition) is 6. The van der Waals surface area contributed by atoms with Crippen LogP contribution in [-0.4, -0.2) is 28.1 Å². The second-order valence-electron chi connectivity index (χ2n) is 6.16. The minimum Gasteiger partial charge on any atom is -0.482 e. The molecule has 1 aliphatic rings. The van der Waals surface area contributed by atoms with Crippen LogP contribution in [0.2, 0.25) is 0 Å². The monoisotopic (exact) mass is 350 g/mol. The molecule has 6 nitrogen and oxygen atoms in total. The first kappa shape index (κ1) is 16.3. The molecule has 2 aromatic carbocycles. The second-order valence-corrected chi connectivity index (χ2v) is 6.16. The number of ether oxygens (including phenoxy) is 3. The highest BCUT2D eigenvalue weighted by molar-refractivity contribution is 5.77. The SMILES string of the molecule is Cc1nc2ccccc2nc1COC(=O)[C@H]1Oc2ccccc2O[C@H]1C. The van der Waals surface area contributed by atoms with Crippen LogP contribution < -0.4 is 9.47 Å². The van der Waals surface area contributed by atoms with Gasteiger partial charge in [0, 0.05) is 0 Å². The molecule has 0 saturated carbocycles. The topological polar surface area (TPSA) is 70.5 Å².